The Hall–Kier alpha value is -0.0400. The zero-order valence-corrected chi connectivity index (χ0v) is 6.06. The third-order valence-corrected chi connectivity index (χ3v) is 3.49. The van der Waals surface area contributed by atoms with Crippen LogP contribution in [0.1, 0.15) is 32.6 Å². The molecular weight excluding hydrogens is 110 g/mol. The average Bonchev–Trinajstić information content (AvgIpc) is 2.24. The number of fused-ring (bicyclic) bond motifs is 2. The third-order valence-electron chi connectivity index (χ3n) is 3.49. The minimum absolute atomic E-state index is 0.539. The number of nitrogens with two attached hydrogens (primary N) is 1. The van der Waals surface area contributed by atoms with Gasteiger partial charge in [0.05, 0.1) is 0 Å². The lowest BCUT2D eigenvalue weighted by molar-refractivity contribution is 0.308. The Kier molecular flexibility index (Phi) is 0.963. The lowest BCUT2D eigenvalue weighted by atomic mass is 9.85. The van der Waals surface area contributed by atoms with Crippen LogP contribution in [0.2, 0.25) is 0 Å². The molecule has 0 aromatic carbocycles. The summed E-state index contributed by atoms with van der Waals surface area (Å²) in [6.07, 6.45) is 5.58. The van der Waals surface area contributed by atoms with Crippen molar-refractivity contribution in [2.45, 2.75) is 38.6 Å². The Morgan fingerprint density at radius 3 is 2.00 bits per heavy atom. The molecule has 2 aliphatic carbocycles. The smallest absolute Gasteiger partial charge is 0.0121 e. The summed E-state index contributed by atoms with van der Waals surface area (Å²) in [5.41, 5.74) is 6.56. The van der Waals surface area contributed by atoms with Crippen LogP contribution in [0, 0.1) is 11.3 Å². The van der Waals surface area contributed by atoms with Crippen molar-refractivity contribution in [2.75, 3.05) is 0 Å². The molecule has 52 valence electrons. The second-order valence-corrected chi connectivity index (χ2v) is 4.02. The highest BCUT2D eigenvalue weighted by Gasteiger charge is 2.47. The fraction of sp³-hybridized carbons (Fsp3) is 1.00. The zero-order chi connectivity index (χ0) is 6.48. The van der Waals surface area contributed by atoms with Crippen LogP contribution in [0.4, 0.5) is 0 Å². The molecule has 0 aromatic rings. The first-order valence-corrected chi connectivity index (χ1v) is 3.98. The summed E-state index contributed by atoms with van der Waals surface area (Å²) in [6.45, 7) is 2.35. The number of hydrogen-bond acceptors (Lipinski definition) is 1. The minimum Gasteiger partial charge on any atom is -0.327 e. The molecule has 2 fully saturated rings. The molecule has 1 nitrogen and oxygen atoms in total. The van der Waals surface area contributed by atoms with E-state index in [1.807, 2.05) is 0 Å². The Labute approximate surface area is 56.6 Å². The van der Waals surface area contributed by atoms with Gasteiger partial charge in [-0.15, -0.1) is 0 Å². The van der Waals surface area contributed by atoms with Crippen LogP contribution in [0.3, 0.4) is 0 Å². The van der Waals surface area contributed by atoms with Gasteiger partial charge < -0.3 is 5.73 Å². The van der Waals surface area contributed by atoms with E-state index in [1.165, 1.54) is 25.7 Å². The van der Waals surface area contributed by atoms with E-state index in [2.05, 4.69) is 6.92 Å². The average molecular weight is 125 g/mol. The summed E-state index contributed by atoms with van der Waals surface area (Å²) < 4.78 is 0. The van der Waals surface area contributed by atoms with Gasteiger partial charge in [0.2, 0.25) is 0 Å². The highest BCUT2D eigenvalue weighted by Crippen LogP contribution is 2.52. The van der Waals surface area contributed by atoms with E-state index in [0.717, 1.165) is 5.92 Å². The van der Waals surface area contributed by atoms with Crippen molar-refractivity contribution < 1.29 is 0 Å². The fourth-order valence-electron chi connectivity index (χ4n) is 2.56. The monoisotopic (exact) mass is 125 g/mol. The first kappa shape index (κ1) is 5.72. The van der Waals surface area contributed by atoms with Gasteiger partial charge in [-0.1, -0.05) is 6.92 Å². The maximum Gasteiger partial charge on any atom is 0.0121 e. The first-order chi connectivity index (χ1) is 4.22. The van der Waals surface area contributed by atoms with E-state index < -0.39 is 0 Å². The van der Waals surface area contributed by atoms with Gasteiger partial charge in [-0.3, -0.25) is 0 Å². The summed E-state index contributed by atoms with van der Waals surface area (Å²) in [4.78, 5) is 0. The summed E-state index contributed by atoms with van der Waals surface area (Å²) >= 11 is 0. The van der Waals surface area contributed by atoms with Gasteiger partial charge in [0, 0.05) is 6.04 Å². The van der Waals surface area contributed by atoms with Crippen molar-refractivity contribution in [1.82, 2.24) is 0 Å². The Morgan fingerprint density at radius 1 is 1.33 bits per heavy atom. The number of rotatable bonds is 0. The number of hydrogen-bond donors (Lipinski definition) is 1. The van der Waals surface area contributed by atoms with Gasteiger partial charge in [0.15, 0.2) is 0 Å². The lowest BCUT2D eigenvalue weighted by Crippen LogP contribution is -2.32. The molecule has 1 heteroatoms. The van der Waals surface area contributed by atoms with E-state index in [-0.39, 0.29) is 0 Å². The largest absolute Gasteiger partial charge is 0.327 e. The van der Waals surface area contributed by atoms with Crippen molar-refractivity contribution in [2.24, 2.45) is 17.1 Å². The molecule has 2 bridgehead atoms. The first-order valence-electron chi connectivity index (χ1n) is 3.98. The molecule has 2 rings (SSSR count). The van der Waals surface area contributed by atoms with Gasteiger partial charge in [0.25, 0.3) is 0 Å². The van der Waals surface area contributed by atoms with Crippen LogP contribution in [0.15, 0.2) is 0 Å². The molecule has 9 heavy (non-hydrogen) atoms. The molecule has 0 radical (unpaired) electrons. The topological polar surface area (TPSA) is 26.0 Å². The van der Waals surface area contributed by atoms with Crippen molar-refractivity contribution >= 4 is 0 Å². The molecule has 0 amide bonds. The van der Waals surface area contributed by atoms with Gasteiger partial charge in [-0.2, -0.15) is 0 Å². The summed E-state index contributed by atoms with van der Waals surface area (Å²) in [5, 5.41) is 0. The molecular formula is C8H15N. The maximum atomic E-state index is 6.02. The van der Waals surface area contributed by atoms with Crippen molar-refractivity contribution in [3.05, 3.63) is 0 Å². The third kappa shape index (κ3) is 0.586. The van der Waals surface area contributed by atoms with Crippen LogP contribution in [0.25, 0.3) is 0 Å². The molecule has 0 saturated heterocycles. The predicted octanol–water partition coefficient (Wildman–Crippen LogP) is 1.52. The highest BCUT2D eigenvalue weighted by molar-refractivity contribution is 5.02. The summed E-state index contributed by atoms with van der Waals surface area (Å²) in [6, 6.07) is 0.539. The second kappa shape index (κ2) is 1.51. The quantitative estimate of drug-likeness (QED) is 0.522. The zero-order valence-electron chi connectivity index (χ0n) is 6.06. The van der Waals surface area contributed by atoms with Gasteiger partial charge >= 0.3 is 0 Å². The molecule has 1 unspecified atom stereocenters. The summed E-state index contributed by atoms with van der Waals surface area (Å²) in [5.74, 6) is 0.884. The normalized spacial score (nSPS) is 56.7. The van der Waals surface area contributed by atoms with Crippen molar-refractivity contribution in [1.29, 1.82) is 0 Å². The minimum atomic E-state index is 0.539. The molecule has 2 aliphatic rings. The fourth-order valence-corrected chi connectivity index (χ4v) is 2.56. The highest BCUT2D eigenvalue weighted by atomic mass is 14.8. The van der Waals surface area contributed by atoms with Gasteiger partial charge in [0.1, 0.15) is 0 Å². The maximum absolute atomic E-state index is 6.02. The Balaban J connectivity index is 2.26. The van der Waals surface area contributed by atoms with Crippen LogP contribution >= 0.6 is 0 Å². The molecule has 2 N–H and O–H groups in total. The molecule has 0 spiro atoms. The standard InChI is InChI=1S/C8H15N/c1-8-4-2-6(3-5-8)7(8)9/h6-7H,2-5,9H2,1H3. The lowest BCUT2D eigenvalue weighted by Gasteiger charge is -2.23. The second-order valence-electron chi connectivity index (χ2n) is 4.02. The van der Waals surface area contributed by atoms with Crippen LogP contribution in [-0.2, 0) is 0 Å². The van der Waals surface area contributed by atoms with Gasteiger partial charge in [-0.25, -0.2) is 0 Å². The predicted molar refractivity (Wildman–Crippen MR) is 38.0 cm³/mol. The van der Waals surface area contributed by atoms with Crippen molar-refractivity contribution in [3.63, 3.8) is 0 Å². The Morgan fingerprint density at radius 2 is 1.89 bits per heavy atom. The SMILES string of the molecule is CC12CCC(CC1)C2N. The van der Waals surface area contributed by atoms with Crippen molar-refractivity contribution in [3.8, 4) is 0 Å². The summed E-state index contributed by atoms with van der Waals surface area (Å²) in [7, 11) is 0. The van der Waals surface area contributed by atoms with E-state index >= 15 is 0 Å². The molecule has 0 aromatic heterocycles. The molecule has 1 atom stereocenters. The molecule has 2 saturated carbocycles. The molecule has 0 aliphatic heterocycles. The van der Waals surface area contributed by atoms with E-state index in [9.17, 15) is 0 Å². The van der Waals surface area contributed by atoms with Crippen LogP contribution < -0.4 is 5.73 Å². The Bertz CT molecular complexity index is 123. The van der Waals surface area contributed by atoms with Gasteiger partial charge in [-0.05, 0) is 37.0 Å². The van der Waals surface area contributed by atoms with Crippen LogP contribution in [0.5, 0.6) is 0 Å². The molecule has 0 heterocycles. The van der Waals surface area contributed by atoms with E-state index in [0.29, 0.717) is 11.5 Å². The van der Waals surface area contributed by atoms with Crippen LogP contribution in [-0.4, -0.2) is 6.04 Å². The van der Waals surface area contributed by atoms with E-state index in [1.54, 1.807) is 0 Å². The van der Waals surface area contributed by atoms with E-state index in [4.69, 9.17) is 5.73 Å².